The third-order valence-electron chi connectivity index (χ3n) is 8.41. The number of fused-ring (bicyclic) bond motifs is 1. The number of H-pyrrole nitrogens is 1. The minimum absolute atomic E-state index is 0.00341. The largest absolute Gasteiger partial charge is 0.487 e. The number of ether oxygens (including phenoxy) is 1. The number of nitrogens with one attached hydrogen (secondary N) is 1. The molecule has 2 aliphatic rings. The van der Waals surface area contributed by atoms with Crippen LogP contribution in [0.25, 0.3) is 26.9 Å². The molecule has 2 fully saturated rings. The zero-order valence-electron chi connectivity index (χ0n) is 22.1. The summed E-state index contributed by atoms with van der Waals surface area (Å²) in [6, 6.07) is 13.9. The Labute approximate surface area is 227 Å². The number of hydrogen-bond acceptors (Lipinski definition) is 5. The van der Waals surface area contributed by atoms with Crippen molar-refractivity contribution in [2.45, 2.75) is 32.9 Å². The maximum absolute atomic E-state index is 12.3. The lowest BCUT2D eigenvalue weighted by molar-refractivity contribution is -0.145. The molecule has 6 rings (SSSR count). The fourth-order valence-electron chi connectivity index (χ4n) is 6.13. The molecule has 1 N–H and O–H groups in total. The monoisotopic (exact) mass is 518 g/mol. The first-order valence-corrected chi connectivity index (χ1v) is 13.1. The van der Waals surface area contributed by atoms with Crippen LogP contribution in [0.4, 0.5) is 11.4 Å². The van der Waals surface area contributed by atoms with E-state index >= 15 is 0 Å². The van der Waals surface area contributed by atoms with Crippen LogP contribution in [0.5, 0.6) is 5.75 Å². The zero-order chi connectivity index (χ0) is 27.1. The molecule has 2 aromatic carbocycles. The summed E-state index contributed by atoms with van der Waals surface area (Å²) in [4.78, 5) is 24.9. The first-order valence-electron chi connectivity index (χ1n) is 13.1. The van der Waals surface area contributed by atoms with Crippen LogP contribution in [0, 0.1) is 18.9 Å². The minimum Gasteiger partial charge on any atom is -0.487 e. The van der Waals surface area contributed by atoms with Crippen LogP contribution in [0.3, 0.4) is 0 Å². The Morgan fingerprint density at radius 3 is 2.92 bits per heavy atom. The van der Waals surface area contributed by atoms with E-state index < -0.39 is 0 Å². The number of likely N-dealkylation sites (tertiary alicyclic amines) is 1. The van der Waals surface area contributed by atoms with Crippen molar-refractivity contribution in [1.29, 1.82) is 0 Å². The molecular formula is C31H30N6O2. The Morgan fingerprint density at radius 2 is 2.18 bits per heavy atom. The van der Waals surface area contributed by atoms with Crippen LogP contribution < -0.4 is 9.64 Å². The molecule has 8 heteroatoms. The lowest BCUT2D eigenvalue weighted by atomic mass is 9.71. The predicted molar refractivity (Wildman–Crippen MR) is 152 cm³/mol. The second-order valence-electron chi connectivity index (χ2n) is 10.5. The Hall–Kier alpha value is -4.64. The maximum Gasteiger partial charge on any atom is 0.246 e. The maximum atomic E-state index is 12.3. The smallest absolute Gasteiger partial charge is 0.246 e. The van der Waals surface area contributed by atoms with Crippen LogP contribution in [0.15, 0.2) is 67.5 Å². The molecule has 2 atom stereocenters. The number of aromatic amines is 1. The summed E-state index contributed by atoms with van der Waals surface area (Å²) in [7, 11) is 0. The lowest BCUT2D eigenvalue weighted by Gasteiger charge is -2.54. The highest BCUT2D eigenvalue weighted by molar-refractivity contribution is 6.02. The van der Waals surface area contributed by atoms with E-state index in [9.17, 15) is 4.79 Å². The molecule has 2 aliphatic heterocycles. The second-order valence-corrected chi connectivity index (χ2v) is 10.5. The number of carbonyl (C=O) groups excluding carboxylic acids is 1. The van der Waals surface area contributed by atoms with Crippen LogP contribution in [-0.2, 0) is 11.4 Å². The van der Waals surface area contributed by atoms with Crippen molar-refractivity contribution in [1.82, 2.24) is 20.1 Å². The molecule has 4 heterocycles. The molecule has 196 valence electrons. The van der Waals surface area contributed by atoms with Gasteiger partial charge in [0.05, 0.1) is 24.0 Å². The molecule has 1 amide bonds. The highest BCUT2D eigenvalue weighted by atomic mass is 16.5. The standard InChI is InChI=1S/C31H30N6O2/c1-5-28(38)37-19-31(21(37)3)11-13-36(18-31)27-15-23(39-17-22-8-6-7-12-33-22)14-24(30(27)32-4)29-20(2)9-10-26-25(29)16-34-35-26/h5-10,12,14-16,21H,1,11,13,17-19H2,2-3H3,(H,34,35). The number of amides is 1. The highest BCUT2D eigenvalue weighted by Crippen LogP contribution is 2.51. The molecule has 0 radical (unpaired) electrons. The van der Waals surface area contributed by atoms with Crippen molar-refractivity contribution in [3.05, 3.63) is 90.2 Å². The first-order chi connectivity index (χ1) is 18.9. The lowest BCUT2D eigenvalue weighted by Crippen LogP contribution is -2.65. The van der Waals surface area contributed by atoms with Gasteiger partial charge in [-0.15, -0.1) is 0 Å². The van der Waals surface area contributed by atoms with Gasteiger partial charge in [-0.25, -0.2) is 4.85 Å². The summed E-state index contributed by atoms with van der Waals surface area (Å²) in [6.45, 7) is 18.7. The summed E-state index contributed by atoms with van der Waals surface area (Å²) >= 11 is 0. The molecule has 2 saturated heterocycles. The van der Waals surface area contributed by atoms with Crippen LogP contribution >= 0.6 is 0 Å². The Kier molecular flexibility index (Phi) is 6.07. The van der Waals surface area contributed by atoms with E-state index in [2.05, 4.69) is 51.4 Å². The number of hydrogen-bond donors (Lipinski definition) is 1. The summed E-state index contributed by atoms with van der Waals surface area (Å²) in [6.07, 6.45) is 5.92. The number of carbonyl (C=O) groups is 1. The average Bonchev–Trinajstić information content (AvgIpc) is 3.63. The van der Waals surface area contributed by atoms with Crippen LogP contribution in [-0.4, -0.2) is 51.7 Å². The van der Waals surface area contributed by atoms with E-state index in [0.29, 0.717) is 24.6 Å². The summed E-state index contributed by atoms with van der Waals surface area (Å²) in [5.41, 5.74) is 6.08. The van der Waals surface area contributed by atoms with Gasteiger partial charge >= 0.3 is 0 Å². The fourth-order valence-corrected chi connectivity index (χ4v) is 6.13. The van der Waals surface area contributed by atoms with E-state index in [1.54, 1.807) is 6.20 Å². The van der Waals surface area contributed by atoms with E-state index in [1.165, 1.54) is 6.08 Å². The third kappa shape index (κ3) is 4.11. The Morgan fingerprint density at radius 1 is 1.31 bits per heavy atom. The van der Waals surface area contributed by atoms with Crippen LogP contribution in [0.1, 0.15) is 24.6 Å². The number of aromatic nitrogens is 3. The molecule has 2 unspecified atom stereocenters. The van der Waals surface area contributed by atoms with Crippen molar-refractivity contribution < 1.29 is 9.53 Å². The van der Waals surface area contributed by atoms with Gasteiger partial charge in [0.1, 0.15) is 12.4 Å². The molecule has 0 saturated carbocycles. The predicted octanol–water partition coefficient (Wildman–Crippen LogP) is 5.68. The molecule has 0 aliphatic carbocycles. The van der Waals surface area contributed by atoms with Gasteiger partial charge in [0.2, 0.25) is 11.6 Å². The fraction of sp³-hybridized carbons (Fsp3) is 0.290. The molecule has 1 spiro atoms. The summed E-state index contributed by atoms with van der Waals surface area (Å²) in [5, 5.41) is 8.29. The van der Waals surface area contributed by atoms with Gasteiger partial charge in [0.15, 0.2) is 0 Å². The molecule has 8 nitrogen and oxygen atoms in total. The SMILES string of the molecule is [C-]#[N+]c1c(-c2c(C)ccc3[nH]ncc23)cc(OCc2ccccn2)cc1N1CCC2(C1)CN(C(=O)C=C)C2C. The number of rotatable bonds is 6. The summed E-state index contributed by atoms with van der Waals surface area (Å²) in [5.74, 6) is 0.660. The van der Waals surface area contributed by atoms with Gasteiger partial charge in [-0.05, 0) is 73.4 Å². The number of anilines is 1. The number of aryl methyl sites for hydroxylation is 1. The third-order valence-corrected chi connectivity index (χ3v) is 8.41. The average molecular weight is 519 g/mol. The Bertz CT molecular complexity index is 1620. The van der Waals surface area contributed by atoms with E-state index in [-0.39, 0.29) is 17.4 Å². The van der Waals surface area contributed by atoms with Crippen LogP contribution in [0.2, 0.25) is 0 Å². The van der Waals surface area contributed by atoms with Crippen molar-refractivity contribution in [2.75, 3.05) is 24.5 Å². The van der Waals surface area contributed by atoms with Gasteiger partial charge in [0.25, 0.3) is 0 Å². The molecule has 39 heavy (non-hydrogen) atoms. The van der Waals surface area contributed by atoms with E-state index in [0.717, 1.165) is 58.5 Å². The second kappa shape index (κ2) is 9.59. The van der Waals surface area contributed by atoms with Gasteiger partial charge < -0.3 is 14.5 Å². The van der Waals surface area contributed by atoms with Crippen molar-refractivity contribution in [3.63, 3.8) is 0 Å². The summed E-state index contributed by atoms with van der Waals surface area (Å²) < 4.78 is 6.28. The number of nitrogens with zero attached hydrogens (tertiary/aromatic N) is 5. The normalized spacial score (nSPS) is 20.2. The highest BCUT2D eigenvalue weighted by Gasteiger charge is 2.54. The molecule has 4 aromatic rings. The van der Waals surface area contributed by atoms with Gasteiger partial charge in [-0.2, -0.15) is 5.10 Å². The van der Waals surface area contributed by atoms with Gasteiger partial charge in [-0.3, -0.25) is 14.9 Å². The van der Waals surface area contributed by atoms with Gasteiger partial charge in [-0.1, -0.05) is 18.7 Å². The molecular weight excluding hydrogens is 488 g/mol. The van der Waals surface area contributed by atoms with Crippen molar-refractivity contribution in [3.8, 4) is 16.9 Å². The topological polar surface area (TPSA) is 78.7 Å². The van der Waals surface area contributed by atoms with Gasteiger partial charge in [0, 0.05) is 48.4 Å². The first kappa shape index (κ1) is 24.7. The van der Waals surface area contributed by atoms with E-state index in [1.807, 2.05) is 47.5 Å². The van der Waals surface area contributed by atoms with E-state index in [4.69, 9.17) is 11.3 Å². The minimum atomic E-state index is -0.0238. The molecule has 0 bridgehead atoms. The quantitative estimate of drug-likeness (QED) is 0.263. The van der Waals surface area contributed by atoms with Crippen molar-refractivity contribution in [2.24, 2.45) is 5.41 Å². The number of benzene rings is 2. The number of pyridine rings is 1. The molecule has 2 aromatic heterocycles. The Balaban J connectivity index is 1.42. The zero-order valence-corrected chi connectivity index (χ0v) is 22.1. The van der Waals surface area contributed by atoms with Crippen molar-refractivity contribution >= 4 is 28.2 Å².